The molecular weight excluding hydrogens is 197 g/mol. The fourth-order valence-corrected chi connectivity index (χ4v) is 2.10. The highest BCUT2D eigenvalue weighted by Crippen LogP contribution is 2.27. The summed E-state index contributed by atoms with van der Waals surface area (Å²) in [5.41, 5.74) is 0. The largest absolute Gasteiger partial charge is 0.213 e. The second kappa shape index (κ2) is 3.10. The smallest absolute Gasteiger partial charge is 0.185 e. The zero-order chi connectivity index (χ0) is 6.85. The molecule has 1 nitrogen and oxygen atoms in total. The zero-order valence-electron chi connectivity index (χ0n) is 4.27. The predicted octanol–water partition coefficient (Wildman–Crippen LogP) is 2.88. The molecule has 1 aromatic rings. The molecule has 0 saturated carbocycles. The van der Waals surface area contributed by atoms with Gasteiger partial charge in [-0.2, -0.15) is 12.6 Å². The number of thiazole rings is 1. The number of hydrogen-bond acceptors (Lipinski definition) is 3. The average Bonchev–Trinajstić information content (AvgIpc) is 2.10. The van der Waals surface area contributed by atoms with Crippen molar-refractivity contribution in [2.45, 2.75) is 5.75 Å². The van der Waals surface area contributed by atoms with Crippen molar-refractivity contribution in [2.24, 2.45) is 0 Å². The molecule has 0 N–H and O–H groups in total. The van der Waals surface area contributed by atoms with E-state index >= 15 is 0 Å². The van der Waals surface area contributed by atoms with Crippen molar-refractivity contribution in [3.63, 3.8) is 0 Å². The van der Waals surface area contributed by atoms with Gasteiger partial charge in [-0.15, -0.1) is 11.3 Å². The Morgan fingerprint density at radius 2 is 2.22 bits per heavy atom. The fourth-order valence-electron chi connectivity index (χ4n) is 0.404. The monoisotopic (exact) mass is 199 g/mol. The zero-order valence-corrected chi connectivity index (χ0v) is 7.49. The minimum Gasteiger partial charge on any atom is -0.213 e. The van der Waals surface area contributed by atoms with Gasteiger partial charge in [0.05, 0.1) is 4.88 Å². The van der Waals surface area contributed by atoms with Crippen LogP contribution in [0, 0.1) is 0 Å². The molecule has 0 aliphatic heterocycles. The van der Waals surface area contributed by atoms with Crippen LogP contribution in [0.4, 0.5) is 0 Å². The molecule has 0 aromatic carbocycles. The minimum absolute atomic E-state index is 0.472. The van der Waals surface area contributed by atoms with Crippen molar-refractivity contribution in [2.75, 3.05) is 0 Å². The van der Waals surface area contributed by atoms with E-state index in [4.69, 9.17) is 23.2 Å². The summed E-state index contributed by atoms with van der Waals surface area (Å²) >= 11 is 16.5. The third-order valence-corrected chi connectivity index (χ3v) is 2.88. The Morgan fingerprint density at radius 3 is 2.44 bits per heavy atom. The Morgan fingerprint density at radius 1 is 1.56 bits per heavy atom. The van der Waals surface area contributed by atoms with Gasteiger partial charge in [0.15, 0.2) is 4.47 Å². The molecule has 1 heterocycles. The number of hydrogen-bond donors (Lipinski definition) is 1. The summed E-state index contributed by atoms with van der Waals surface area (Å²) in [6.07, 6.45) is 0. The lowest BCUT2D eigenvalue weighted by atomic mass is 10.6. The molecule has 9 heavy (non-hydrogen) atoms. The SMILES string of the molecule is SCc1sc(Cl)nc1Cl. The topological polar surface area (TPSA) is 12.9 Å². The lowest BCUT2D eigenvalue weighted by Gasteiger charge is -1.82. The van der Waals surface area contributed by atoms with Crippen LogP contribution in [0.3, 0.4) is 0 Å². The van der Waals surface area contributed by atoms with Gasteiger partial charge in [0.2, 0.25) is 0 Å². The first kappa shape index (κ1) is 7.66. The quantitative estimate of drug-likeness (QED) is 0.687. The summed E-state index contributed by atoms with van der Waals surface area (Å²) in [6.45, 7) is 0. The van der Waals surface area contributed by atoms with Crippen LogP contribution in [0.1, 0.15) is 4.88 Å². The lowest BCUT2D eigenvalue weighted by Crippen LogP contribution is -1.68. The maximum absolute atomic E-state index is 5.61. The molecule has 50 valence electrons. The van der Waals surface area contributed by atoms with Gasteiger partial charge in [-0.05, 0) is 0 Å². The minimum atomic E-state index is 0.472. The molecule has 1 aromatic heterocycles. The lowest BCUT2D eigenvalue weighted by molar-refractivity contribution is 1.37. The summed E-state index contributed by atoms with van der Waals surface area (Å²) < 4.78 is 0.476. The van der Waals surface area contributed by atoms with Crippen molar-refractivity contribution in [1.29, 1.82) is 0 Å². The number of halogens is 2. The van der Waals surface area contributed by atoms with Gasteiger partial charge in [-0.25, -0.2) is 4.98 Å². The Labute approximate surface area is 72.4 Å². The van der Waals surface area contributed by atoms with E-state index in [1.54, 1.807) is 0 Å². The first-order valence-corrected chi connectivity index (χ1v) is 4.36. The third-order valence-electron chi connectivity index (χ3n) is 0.767. The molecule has 0 unspecified atom stereocenters. The summed E-state index contributed by atoms with van der Waals surface area (Å²) in [4.78, 5) is 4.70. The van der Waals surface area contributed by atoms with E-state index in [0.717, 1.165) is 4.88 Å². The standard InChI is InChI=1S/C4H3Cl2NS2/c5-3-2(1-8)9-4(6)7-3/h8H,1H2. The first-order valence-electron chi connectivity index (χ1n) is 2.15. The molecule has 0 aliphatic carbocycles. The number of thiol groups is 1. The molecule has 1 rings (SSSR count). The maximum atomic E-state index is 5.61. The molecule has 0 atom stereocenters. The molecule has 0 amide bonds. The van der Waals surface area contributed by atoms with Gasteiger partial charge in [-0.1, -0.05) is 23.2 Å². The fraction of sp³-hybridized carbons (Fsp3) is 0.250. The second-order valence-electron chi connectivity index (χ2n) is 1.34. The Bertz CT molecular complexity index is 210. The van der Waals surface area contributed by atoms with Crippen LogP contribution >= 0.6 is 47.2 Å². The molecular formula is C4H3Cl2NS2. The van der Waals surface area contributed by atoms with Crippen LogP contribution in [0.5, 0.6) is 0 Å². The summed E-state index contributed by atoms with van der Waals surface area (Å²) in [6, 6.07) is 0. The highest BCUT2D eigenvalue weighted by Gasteiger charge is 2.04. The van der Waals surface area contributed by atoms with Crippen molar-refractivity contribution >= 4 is 47.2 Å². The Kier molecular flexibility index (Phi) is 2.64. The molecule has 0 bridgehead atoms. The van der Waals surface area contributed by atoms with Crippen LogP contribution in [0.2, 0.25) is 9.62 Å². The van der Waals surface area contributed by atoms with E-state index in [2.05, 4.69) is 17.6 Å². The Balaban J connectivity index is 3.01. The predicted molar refractivity (Wildman–Crippen MR) is 44.8 cm³/mol. The molecule has 0 radical (unpaired) electrons. The molecule has 0 saturated heterocycles. The Hall–Kier alpha value is 0.560. The molecule has 0 spiro atoms. The van der Waals surface area contributed by atoms with Gasteiger partial charge >= 0.3 is 0 Å². The van der Waals surface area contributed by atoms with Crippen molar-refractivity contribution in [1.82, 2.24) is 4.98 Å². The summed E-state index contributed by atoms with van der Waals surface area (Å²) in [5.74, 6) is 0.600. The van der Waals surface area contributed by atoms with Crippen molar-refractivity contribution in [3.05, 3.63) is 14.5 Å². The normalized spacial score (nSPS) is 10.1. The van der Waals surface area contributed by atoms with Crippen molar-refractivity contribution in [3.8, 4) is 0 Å². The van der Waals surface area contributed by atoms with Crippen LogP contribution in [-0.4, -0.2) is 4.98 Å². The van der Waals surface area contributed by atoms with E-state index in [-0.39, 0.29) is 0 Å². The van der Waals surface area contributed by atoms with Gasteiger partial charge in [0.1, 0.15) is 5.15 Å². The highest BCUT2D eigenvalue weighted by atomic mass is 35.5. The summed E-state index contributed by atoms with van der Waals surface area (Å²) in [5, 5.41) is 0.472. The van der Waals surface area contributed by atoms with E-state index in [9.17, 15) is 0 Å². The molecule has 5 heteroatoms. The average molecular weight is 200 g/mol. The van der Waals surface area contributed by atoms with E-state index in [1.807, 2.05) is 0 Å². The van der Waals surface area contributed by atoms with Crippen LogP contribution in [0.15, 0.2) is 0 Å². The van der Waals surface area contributed by atoms with Crippen molar-refractivity contribution < 1.29 is 0 Å². The third kappa shape index (κ3) is 1.74. The van der Waals surface area contributed by atoms with Gasteiger partial charge in [0, 0.05) is 5.75 Å². The number of rotatable bonds is 1. The van der Waals surface area contributed by atoms with Crippen LogP contribution in [-0.2, 0) is 5.75 Å². The molecule has 0 fully saturated rings. The summed E-state index contributed by atoms with van der Waals surface area (Å²) in [7, 11) is 0. The first-order chi connectivity index (χ1) is 4.24. The number of aromatic nitrogens is 1. The van der Waals surface area contributed by atoms with Crippen LogP contribution < -0.4 is 0 Å². The van der Waals surface area contributed by atoms with E-state index in [1.165, 1.54) is 11.3 Å². The van der Waals surface area contributed by atoms with Gasteiger partial charge < -0.3 is 0 Å². The van der Waals surface area contributed by atoms with Gasteiger partial charge in [-0.3, -0.25) is 0 Å². The van der Waals surface area contributed by atoms with E-state index in [0.29, 0.717) is 15.4 Å². The van der Waals surface area contributed by atoms with E-state index < -0.39 is 0 Å². The highest BCUT2D eigenvalue weighted by molar-refractivity contribution is 7.79. The maximum Gasteiger partial charge on any atom is 0.185 e. The van der Waals surface area contributed by atoms with Gasteiger partial charge in [0.25, 0.3) is 0 Å². The second-order valence-corrected chi connectivity index (χ2v) is 3.68. The molecule has 0 aliphatic rings. The number of nitrogens with zero attached hydrogens (tertiary/aromatic N) is 1. The van der Waals surface area contributed by atoms with Crippen LogP contribution in [0.25, 0.3) is 0 Å².